The van der Waals surface area contributed by atoms with Gasteiger partial charge in [0.25, 0.3) is 11.7 Å². The number of anilines is 2. The van der Waals surface area contributed by atoms with Crippen LogP contribution in [0.1, 0.15) is 38.8 Å². The Morgan fingerprint density at radius 1 is 1.23 bits per heavy atom. The Bertz CT molecular complexity index is 1350. The number of nitrogens with one attached hydrogen (secondary N) is 3. The number of rotatable bonds is 4. The van der Waals surface area contributed by atoms with Crippen LogP contribution in [0.25, 0.3) is 10.9 Å². The standard InChI is InChI=1S/C22H19N5O3S/c1-11-17(12-6-3-4-7-14(12)23-11)19(29)22(30)25-20-18-13(15-8-5-9-31-15)10-16(28)24-21(18)27(2)26-20/h3-9,13,23H,10H2,1-2H3,(H,24,28)(H,25,26,30)/t13-/m0/s1. The first-order chi connectivity index (χ1) is 14.9. The first-order valence-corrected chi connectivity index (χ1v) is 10.6. The number of aromatic nitrogens is 3. The van der Waals surface area contributed by atoms with Crippen LogP contribution in [-0.4, -0.2) is 32.4 Å². The van der Waals surface area contributed by atoms with Crippen molar-refractivity contribution in [3.05, 3.63) is 63.5 Å². The number of hydrogen-bond acceptors (Lipinski definition) is 5. The minimum atomic E-state index is -0.768. The average Bonchev–Trinajstić information content (AvgIpc) is 3.45. The van der Waals surface area contributed by atoms with E-state index < -0.39 is 11.7 Å². The van der Waals surface area contributed by atoms with Gasteiger partial charge in [-0.3, -0.25) is 19.1 Å². The number of hydrogen-bond donors (Lipinski definition) is 3. The van der Waals surface area contributed by atoms with Crippen LogP contribution >= 0.6 is 11.3 Å². The van der Waals surface area contributed by atoms with Gasteiger partial charge in [-0.15, -0.1) is 11.3 Å². The molecule has 0 bridgehead atoms. The number of nitrogens with zero attached hydrogens (tertiary/aromatic N) is 2. The number of benzene rings is 1. The highest BCUT2D eigenvalue weighted by Gasteiger charge is 2.35. The molecule has 3 aromatic heterocycles. The maximum absolute atomic E-state index is 13.0. The summed E-state index contributed by atoms with van der Waals surface area (Å²) in [7, 11) is 1.69. The average molecular weight is 433 g/mol. The molecule has 4 heterocycles. The topological polar surface area (TPSA) is 109 Å². The number of H-pyrrole nitrogens is 1. The van der Waals surface area contributed by atoms with E-state index in [0.29, 0.717) is 28.0 Å². The van der Waals surface area contributed by atoms with Crippen LogP contribution in [0.15, 0.2) is 41.8 Å². The number of fused-ring (bicyclic) bond motifs is 2. The van der Waals surface area contributed by atoms with Crippen LogP contribution in [-0.2, 0) is 16.6 Å². The SMILES string of the molecule is Cc1[nH]c2ccccc2c1C(=O)C(=O)Nc1nn(C)c2c1[C@H](c1cccs1)CC(=O)N2. The Hall–Kier alpha value is -3.72. The molecular weight excluding hydrogens is 414 g/mol. The Kier molecular flexibility index (Phi) is 4.48. The van der Waals surface area contributed by atoms with Crippen molar-refractivity contribution < 1.29 is 14.4 Å². The molecule has 2 amide bonds. The summed E-state index contributed by atoms with van der Waals surface area (Å²) in [6, 6.07) is 11.2. The van der Waals surface area contributed by atoms with Gasteiger partial charge in [0.05, 0.1) is 5.56 Å². The number of aryl methyl sites for hydroxylation is 2. The summed E-state index contributed by atoms with van der Waals surface area (Å²) in [6.45, 7) is 1.77. The van der Waals surface area contributed by atoms with Gasteiger partial charge in [-0.05, 0) is 24.4 Å². The summed E-state index contributed by atoms with van der Waals surface area (Å²) in [6.07, 6.45) is 0.248. The molecule has 0 aliphatic carbocycles. The van der Waals surface area contributed by atoms with Gasteiger partial charge in [0.1, 0.15) is 5.82 Å². The second kappa shape index (κ2) is 7.21. The number of para-hydroxylation sites is 1. The molecule has 4 aromatic rings. The molecule has 9 heteroatoms. The number of carbonyl (C=O) groups excluding carboxylic acids is 3. The molecular formula is C22H19N5O3S. The molecule has 0 radical (unpaired) electrons. The summed E-state index contributed by atoms with van der Waals surface area (Å²) in [4.78, 5) is 42.4. The highest BCUT2D eigenvalue weighted by molar-refractivity contribution is 7.10. The van der Waals surface area contributed by atoms with Crippen molar-refractivity contribution in [3.63, 3.8) is 0 Å². The molecule has 1 aliphatic rings. The van der Waals surface area contributed by atoms with Crippen LogP contribution < -0.4 is 10.6 Å². The molecule has 1 aromatic carbocycles. The fourth-order valence-electron chi connectivity index (χ4n) is 4.16. The fourth-order valence-corrected chi connectivity index (χ4v) is 5.00. The quantitative estimate of drug-likeness (QED) is 0.338. The lowest BCUT2D eigenvalue weighted by atomic mass is 9.92. The van der Waals surface area contributed by atoms with E-state index in [1.807, 2.05) is 41.8 Å². The zero-order valence-electron chi connectivity index (χ0n) is 16.9. The first-order valence-electron chi connectivity index (χ1n) is 9.77. The van der Waals surface area contributed by atoms with Crippen LogP contribution in [0, 0.1) is 6.92 Å². The highest BCUT2D eigenvalue weighted by Crippen LogP contribution is 2.42. The number of carbonyl (C=O) groups is 3. The van der Waals surface area contributed by atoms with Gasteiger partial charge >= 0.3 is 0 Å². The second-order valence-electron chi connectivity index (χ2n) is 7.51. The van der Waals surface area contributed by atoms with Crippen molar-refractivity contribution >= 4 is 51.5 Å². The van der Waals surface area contributed by atoms with Crippen LogP contribution in [0.3, 0.4) is 0 Å². The van der Waals surface area contributed by atoms with E-state index in [4.69, 9.17) is 0 Å². The third kappa shape index (κ3) is 3.14. The van der Waals surface area contributed by atoms with E-state index in [1.54, 1.807) is 14.0 Å². The van der Waals surface area contributed by atoms with Gasteiger partial charge in [-0.1, -0.05) is 24.3 Å². The normalized spacial score (nSPS) is 15.5. The third-order valence-electron chi connectivity index (χ3n) is 5.53. The van der Waals surface area contributed by atoms with Gasteiger partial charge in [-0.25, -0.2) is 0 Å². The minimum absolute atomic E-state index is 0.114. The summed E-state index contributed by atoms with van der Waals surface area (Å²) in [5.41, 5.74) is 2.49. The Morgan fingerprint density at radius 2 is 2.03 bits per heavy atom. The molecule has 0 unspecified atom stereocenters. The molecule has 0 fully saturated rings. The van der Waals surface area contributed by atoms with Crippen LogP contribution in [0.4, 0.5) is 11.6 Å². The predicted molar refractivity (Wildman–Crippen MR) is 119 cm³/mol. The maximum Gasteiger partial charge on any atom is 0.298 e. The van der Waals surface area contributed by atoms with E-state index in [9.17, 15) is 14.4 Å². The van der Waals surface area contributed by atoms with Gasteiger partial charge in [0.2, 0.25) is 5.91 Å². The monoisotopic (exact) mass is 433 g/mol. The van der Waals surface area contributed by atoms with Crippen molar-refractivity contribution in [2.75, 3.05) is 10.6 Å². The summed E-state index contributed by atoms with van der Waals surface area (Å²) < 4.78 is 1.52. The second-order valence-corrected chi connectivity index (χ2v) is 8.49. The summed E-state index contributed by atoms with van der Waals surface area (Å²) >= 11 is 1.54. The number of thiophene rings is 1. The summed E-state index contributed by atoms with van der Waals surface area (Å²) in [5.74, 6) is -0.945. The molecule has 8 nitrogen and oxygen atoms in total. The van der Waals surface area contributed by atoms with Crippen LogP contribution in [0.5, 0.6) is 0 Å². The van der Waals surface area contributed by atoms with Crippen molar-refractivity contribution in [1.29, 1.82) is 0 Å². The van der Waals surface area contributed by atoms with E-state index in [-0.39, 0.29) is 24.1 Å². The number of ketones is 1. The lowest BCUT2D eigenvalue weighted by Gasteiger charge is -2.22. The van der Waals surface area contributed by atoms with E-state index in [2.05, 4.69) is 20.7 Å². The Balaban J connectivity index is 1.52. The van der Waals surface area contributed by atoms with E-state index >= 15 is 0 Å². The molecule has 156 valence electrons. The molecule has 1 aliphatic heterocycles. The smallest absolute Gasteiger partial charge is 0.298 e. The molecule has 0 spiro atoms. The van der Waals surface area contributed by atoms with Crippen LogP contribution in [0.2, 0.25) is 0 Å². The lowest BCUT2D eigenvalue weighted by molar-refractivity contribution is -0.116. The number of aromatic amines is 1. The fraction of sp³-hybridized carbons (Fsp3) is 0.182. The molecule has 0 saturated carbocycles. The molecule has 5 rings (SSSR count). The molecule has 3 N–H and O–H groups in total. The Morgan fingerprint density at radius 3 is 2.81 bits per heavy atom. The third-order valence-corrected chi connectivity index (χ3v) is 6.51. The van der Waals surface area contributed by atoms with E-state index in [1.165, 1.54) is 16.0 Å². The largest absolute Gasteiger partial charge is 0.358 e. The summed E-state index contributed by atoms with van der Waals surface area (Å²) in [5, 5.41) is 12.6. The minimum Gasteiger partial charge on any atom is -0.358 e. The van der Waals surface area contributed by atoms with Crippen molar-refractivity contribution in [2.24, 2.45) is 7.05 Å². The highest BCUT2D eigenvalue weighted by atomic mass is 32.1. The number of amides is 2. The van der Waals surface area contributed by atoms with Crippen molar-refractivity contribution in [2.45, 2.75) is 19.3 Å². The van der Waals surface area contributed by atoms with Gasteiger partial charge in [-0.2, -0.15) is 5.10 Å². The molecule has 1 atom stereocenters. The van der Waals surface area contributed by atoms with Crippen molar-refractivity contribution in [3.8, 4) is 0 Å². The Labute approximate surface area is 181 Å². The molecule has 31 heavy (non-hydrogen) atoms. The molecule has 0 saturated heterocycles. The zero-order chi connectivity index (χ0) is 21.7. The van der Waals surface area contributed by atoms with Gasteiger partial charge < -0.3 is 15.6 Å². The lowest BCUT2D eigenvalue weighted by Crippen LogP contribution is -2.26. The van der Waals surface area contributed by atoms with Gasteiger partial charge in [0, 0.05) is 46.4 Å². The number of Topliss-reactive ketones (excluding diaryl/α,β-unsaturated/α-hetero) is 1. The first kappa shape index (κ1) is 19.3. The van der Waals surface area contributed by atoms with E-state index in [0.717, 1.165) is 10.4 Å². The maximum atomic E-state index is 13.0. The van der Waals surface area contributed by atoms with Crippen molar-refractivity contribution in [1.82, 2.24) is 14.8 Å². The zero-order valence-corrected chi connectivity index (χ0v) is 17.7. The predicted octanol–water partition coefficient (Wildman–Crippen LogP) is 3.57. The van der Waals surface area contributed by atoms with Gasteiger partial charge in [0.15, 0.2) is 5.82 Å².